The van der Waals surface area contributed by atoms with Crippen molar-refractivity contribution < 1.29 is 13.6 Å². The number of hydrogen-bond acceptors (Lipinski definition) is 6. The third-order valence-corrected chi connectivity index (χ3v) is 8.10. The Labute approximate surface area is 233 Å². The standard InChI is InChI=1S/C27H25ClF2N6O2S/c1-31-21-15-34(9-10-35(21)22(37)5-4-8-33(2)3)26-18-14-19(28)23(17-7-6-16(29)13-20(17)30)25-24(18)36(11-12-39-25)27(38)32-26/h4-7,13-14,21H,8-12,15H2,2-3H3/b5-4+/t21-/m0/s1. The molecule has 1 amide bonds. The number of thioether (sulfide) groups is 1. The van der Waals surface area contributed by atoms with Crippen molar-refractivity contribution in [2.75, 3.05) is 50.9 Å². The van der Waals surface area contributed by atoms with Gasteiger partial charge in [-0.25, -0.2) is 20.1 Å². The van der Waals surface area contributed by atoms with Crippen molar-refractivity contribution in [3.05, 3.63) is 75.0 Å². The predicted molar refractivity (Wildman–Crippen MR) is 149 cm³/mol. The van der Waals surface area contributed by atoms with Crippen LogP contribution in [0.2, 0.25) is 5.02 Å². The fraction of sp³-hybridized carbons (Fsp3) is 0.333. The van der Waals surface area contributed by atoms with Crippen LogP contribution < -0.4 is 10.6 Å². The highest BCUT2D eigenvalue weighted by Crippen LogP contribution is 2.46. The Morgan fingerprint density at radius 3 is 2.79 bits per heavy atom. The molecule has 1 atom stereocenters. The van der Waals surface area contributed by atoms with Crippen molar-refractivity contribution >= 4 is 46.0 Å². The van der Waals surface area contributed by atoms with E-state index in [-0.39, 0.29) is 29.6 Å². The van der Waals surface area contributed by atoms with Crippen LogP contribution in [0.3, 0.4) is 0 Å². The summed E-state index contributed by atoms with van der Waals surface area (Å²) in [7, 11) is 3.80. The molecule has 1 fully saturated rings. The van der Waals surface area contributed by atoms with Gasteiger partial charge in [-0.1, -0.05) is 17.7 Å². The van der Waals surface area contributed by atoms with Gasteiger partial charge < -0.3 is 9.80 Å². The lowest BCUT2D eigenvalue weighted by Crippen LogP contribution is -2.54. The summed E-state index contributed by atoms with van der Waals surface area (Å²) in [6.07, 6.45) is 2.47. The maximum atomic E-state index is 14.8. The molecule has 0 aliphatic carbocycles. The van der Waals surface area contributed by atoms with Crippen LogP contribution in [0.4, 0.5) is 14.6 Å². The van der Waals surface area contributed by atoms with Gasteiger partial charge in [-0.05, 0) is 32.3 Å². The first kappa shape index (κ1) is 27.1. The van der Waals surface area contributed by atoms with Crippen molar-refractivity contribution in [3.8, 4) is 11.1 Å². The van der Waals surface area contributed by atoms with E-state index in [1.807, 2.05) is 23.9 Å². The van der Waals surface area contributed by atoms with E-state index < -0.39 is 23.5 Å². The molecule has 1 saturated heterocycles. The number of carbonyl (C=O) groups excluding carboxylic acids is 1. The molecule has 3 heterocycles. The minimum Gasteiger partial charge on any atom is -0.344 e. The normalized spacial score (nSPS) is 17.3. The number of rotatable bonds is 5. The number of amides is 1. The Morgan fingerprint density at radius 1 is 1.28 bits per heavy atom. The van der Waals surface area contributed by atoms with Gasteiger partial charge >= 0.3 is 11.9 Å². The van der Waals surface area contributed by atoms with Crippen molar-refractivity contribution in [3.63, 3.8) is 0 Å². The summed E-state index contributed by atoms with van der Waals surface area (Å²) < 4.78 is 30.0. The van der Waals surface area contributed by atoms with Gasteiger partial charge in [0.1, 0.15) is 24.0 Å². The molecule has 0 unspecified atom stereocenters. The number of aromatic nitrogens is 2. The van der Waals surface area contributed by atoms with Gasteiger partial charge in [0, 0.05) is 65.5 Å². The maximum absolute atomic E-state index is 14.8. The highest BCUT2D eigenvalue weighted by molar-refractivity contribution is 7.99. The SMILES string of the molecule is [C-]#[N+][C@@H]1CN(c2nc(=O)n3c4c(c(-c5ccc(F)cc5F)c(Cl)cc24)SCC3)CCN1C(=O)/C=C/CN(C)C. The number of halogens is 3. The molecule has 0 spiro atoms. The number of hydrogen-bond donors (Lipinski definition) is 0. The zero-order chi connectivity index (χ0) is 27.8. The second-order valence-corrected chi connectivity index (χ2v) is 11.1. The lowest BCUT2D eigenvalue weighted by molar-refractivity contribution is -0.127. The van der Waals surface area contributed by atoms with E-state index in [9.17, 15) is 18.4 Å². The lowest BCUT2D eigenvalue weighted by atomic mass is 10.0. The van der Waals surface area contributed by atoms with Crippen molar-refractivity contribution in [2.24, 2.45) is 0 Å². The first-order valence-electron chi connectivity index (χ1n) is 12.3. The fourth-order valence-electron chi connectivity index (χ4n) is 4.92. The smallest absolute Gasteiger partial charge is 0.344 e. The Morgan fingerprint density at radius 2 is 2.08 bits per heavy atom. The van der Waals surface area contributed by atoms with E-state index >= 15 is 0 Å². The van der Waals surface area contributed by atoms with Gasteiger partial charge in [-0.3, -0.25) is 19.1 Å². The second-order valence-electron chi connectivity index (χ2n) is 9.55. The van der Waals surface area contributed by atoms with Crippen molar-refractivity contribution in [2.45, 2.75) is 17.6 Å². The molecular weight excluding hydrogens is 546 g/mol. The number of piperazine rings is 1. The van der Waals surface area contributed by atoms with Crippen molar-refractivity contribution in [1.29, 1.82) is 0 Å². The molecule has 2 aromatic carbocycles. The Kier molecular flexibility index (Phi) is 7.62. The van der Waals surface area contributed by atoms with E-state index in [2.05, 4.69) is 9.83 Å². The minimum absolute atomic E-state index is 0.146. The quantitative estimate of drug-likeness (QED) is 0.340. The fourth-order valence-corrected chi connectivity index (χ4v) is 6.48. The molecule has 2 aliphatic heterocycles. The summed E-state index contributed by atoms with van der Waals surface area (Å²) >= 11 is 8.18. The van der Waals surface area contributed by atoms with E-state index in [0.717, 1.165) is 6.07 Å². The molecule has 202 valence electrons. The van der Waals surface area contributed by atoms with Crippen molar-refractivity contribution in [1.82, 2.24) is 19.4 Å². The average molecular weight is 571 g/mol. The van der Waals surface area contributed by atoms with E-state index in [1.54, 1.807) is 16.7 Å². The van der Waals surface area contributed by atoms with Gasteiger partial charge in [0.05, 0.1) is 10.5 Å². The molecule has 5 rings (SSSR count). The van der Waals surface area contributed by atoms with Crippen LogP contribution in [0, 0.1) is 18.2 Å². The number of nitrogens with zero attached hydrogens (tertiary/aromatic N) is 6. The molecule has 0 bridgehead atoms. The largest absolute Gasteiger partial charge is 0.350 e. The summed E-state index contributed by atoms with van der Waals surface area (Å²) in [6, 6.07) is 4.97. The number of carbonyl (C=O) groups is 1. The van der Waals surface area contributed by atoms with Crippen LogP contribution >= 0.6 is 23.4 Å². The maximum Gasteiger partial charge on any atom is 0.350 e. The monoisotopic (exact) mass is 570 g/mol. The van der Waals surface area contributed by atoms with Gasteiger partial charge in [-0.15, -0.1) is 11.8 Å². The van der Waals surface area contributed by atoms with E-state index in [4.69, 9.17) is 18.2 Å². The van der Waals surface area contributed by atoms with E-state index in [1.165, 1.54) is 34.9 Å². The predicted octanol–water partition coefficient (Wildman–Crippen LogP) is 4.11. The van der Waals surface area contributed by atoms with Crippen LogP contribution in [0.1, 0.15) is 0 Å². The van der Waals surface area contributed by atoms with E-state index in [0.29, 0.717) is 52.6 Å². The molecule has 0 N–H and O–H groups in total. The topological polar surface area (TPSA) is 66.0 Å². The van der Waals surface area contributed by atoms with Crippen LogP contribution in [0.25, 0.3) is 26.9 Å². The number of benzene rings is 2. The van der Waals surface area contributed by atoms with Gasteiger partial charge in [-0.2, -0.15) is 4.98 Å². The molecule has 3 aromatic rings. The minimum atomic E-state index is -0.764. The summed E-state index contributed by atoms with van der Waals surface area (Å²) in [4.78, 5) is 39.9. The summed E-state index contributed by atoms with van der Waals surface area (Å²) in [5.41, 5.74) is 0.661. The highest BCUT2D eigenvalue weighted by atomic mass is 35.5. The molecule has 0 radical (unpaired) electrons. The molecule has 1 aromatic heterocycles. The molecular formula is C27H25ClF2N6O2S. The molecule has 39 heavy (non-hydrogen) atoms. The third kappa shape index (κ3) is 5.12. The molecule has 0 saturated carbocycles. The van der Waals surface area contributed by atoms with Gasteiger partial charge in [0.15, 0.2) is 0 Å². The summed E-state index contributed by atoms with van der Waals surface area (Å²) in [6.45, 7) is 9.54. The summed E-state index contributed by atoms with van der Waals surface area (Å²) in [5.74, 6) is -0.763. The Hall–Kier alpha value is -3.46. The first-order chi connectivity index (χ1) is 18.7. The molecule has 2 aliphatic rings. The van der Waals surface area contributed by atoms with Crippen LogP contribution in [0.15, 0.2) is 46.1 Å². The Bertz CT molecular complexity index is 1600. The summed E-state index contributed by atoms with van der Waals surface area (Å²) in [5, 5.41) is 0.842. The second kappa shape index (κ2) is 11.0. The van der Waals surface area contributed by atoms with Crippen LogP contribution in [-0.2, 0) is 11.3 Å². The van der Waals surface area contributed by atoms with Crippen LogP contribution in [0.5, 0.6) is 0 Å². The third-order valence-electron chi connectivity index (χ3n) is 6.73. The highest BCUT2D eigenvalue weighted by Gasteiger charge is 2.36. The molecule has 12 heteroatoms. The zero-order valence-electron chi connectivity index (χ0n) is 21.3. The van der Waals surface area contributed by atoms with Gasteiger partial charge in [0.2, 0.25) is 0 Å². The zero-order valence-corrected chi connectivity index (χ0v) is 22.9. The average Bonchev–Trinajstić information content (AvgIpc) is 2.90. The number of likely N-dealkylation sites (N-methyl/N-ethyl adjacent to an activating group) is 1. The molecule has 8 nitrogen and oxygen atoms in total. The van der Waals surface area contributed by atoms with Crippen LogP contribution in [-0.4, -0.2) is 77.5 Å². The Balaban J connectivity index is 1.57. The number of anilines is 1. The lowest BCUT2D eigenvalue weighted by Gasteiger charge is -2.36. The first-order valence-corrected chi connectivity index (χ1v) is 13.6. The van der Waals surface area contributed by atoms with Gasteiger partial charge in [0.25, 0.3) is 5.91 Å². The number of aryl methyl sites for hydroxylation is 1.